The van der Waals surface area contributed by atoms with Crippen molar-refractivity contribution >= 4 is 11.6 Å². The van der Waals surface area contributed by atoms with E-state index in [1.807, 2.05) is 0 Å². The lowest BCUT2D eigenvalue weighted by molar-refractivity contribution is -0.496. The third-order valence-corrected chi connectivity index (χ3v) is 1.48. The van der Waals surface area contributed by atoms with Crippen molar-refractivity contribution in [3.8, 4) is 0 Å². The molecule has 1 rings (SSSR count). The van der Waals surface area contributed by atoms with Crippen LogP contribution in [0.1, 0.15) is 5.56 Å². The molecule has 0 heterocycles. The van der Waals surface area contributed by atoms with E-state index in [0.717, 1.165) is 0 Å². The highest BCUT2D eigenvalue weighted by Crippen LogP contribution is 2.09. The summed E-state index contributed by atoms with van der Waals surface area (Å²) >= 11 is 5.58. The predicted octanol–water partition coefficient (Wildman–Crippen LogP) is 2.12. The zero-order valence-electron chi connectivity index (χ0n) is 5.66. The second-order valence-electron chi connectivity index (χ2n) is 2.12. The van der Waals surface area contributed by atoms with Gasteiger partial charge in [0, 0.05) is 15.5 Å². The summed E-state index contributed by atoms with van der Waals surface area (Å²) < 4.78 is 0. The molecule has 0 radical (unpaired) electrons. The minimum absolute atomic E-state index is 0.142. The second-order valence-corrected chi connectivity index (χ2v) is 2.55. The molecule has 0 saturated heterocycles. The maximum Gasteiger partial charge on any atom is 0.228 e. The van der Waals surface area contributed by atoms with Gasteiger partial charge in [0.2, 0.25) is 6.54 Å². The van der Waals surface area contributed by atoms with Crippen molar-refractivity contribution in [3.63, 3.8) is 0 Å². The van der Waals surface area contributed by atoms with E-state index >= 15 is 0 Å². The molecule has 1 aromatic carbocycles. The summed E-state index contributed by atoms with van der Waals surface area (Å²) in [6.07, 6.45) is 0. The van der Waals surface area contributed by atoms with Crippen molar-refractivity contribution in [3.05, 3.63) is 45.0 Å². The summed E-state index contributed by atoms with van der Waals surface area (Å²) in [5, 5.41) is 10.6. The Morgan fingerprint density at radius 2 is 1.91 bits per heavy atom. The van der Waals surface area contributed by atoms with E-state index in [-0.39, 0.29) is 11.5 Å². The Bertz CT molecular complexity index is 258. The van der Waals surface area contributed by atoms with Crippen molar-refractivity contribution in [2.45, 2.75) is 6.54 Å². The van der Waals surface area contributed by atoms with Crippen LogP contribution in [0.2, 0.25) is 5.02 Å². The van der Waals surface area contributed by atoms with Crippen LogP contribution in [0, 0.1) is 10.1 Å². The van der Waals surface area contributed by atoms with Gasteiger partial charge < -0.3 is 0 Å². The number of hydrogen-bond donors (Lipinski definition) is 0. The van der Waals surface area contributed by atoms with Gasteiger partial charge in [-0.25, -0.2) is 0 Å². The molecule has 0 N–H and O–H groups in total. The molecular formula is C7H6ClNO2. The minimum atomic E-state index is -0.372. The molecule has 0 fully saturated rings. The van der Waals surface area contributed by atoms with E-state index in [9.17, 15) is 10.1 Å². The summed E-state index contributed by atoms with van der Waals surface area (Å²) in [7, 11) is 0. The Morgan fingerprint density at radius 1 is 1.36 bits per heavy atom. The third-order valence-electron chi connectivity index (χ3n) is 1.22. The van der Waals surface area contributed by atoms with Gasteiger partial charge in [-0.1, -0.05) is 23.7 Å². The Balaban J connectivity index is 2.74. The summed E-state index contributed by atoms with van der Waals surface area (Å²) in [5.74, 6) is 0. The van der Waals surface area contributed by atoms with Gasteiger partial charge in [0.05, 0.1) is 0 Å². The van der Waals surface area contributed by atoms with Gasteiger partial charge in [0.15, 0.2) is 0 Å². The number of nitrogens with zero attached hydrogens (tertiary/aromatic N) is 1. The monoisotopic (exact) mass is 171 g/mol. The van der Waals surface area contributed by atoms with E-state index in [4.69, 9.17) is 11.6 Å². The fourth-order valence-electron chi connectivity index (χ4n) is 0.739. The van der Waals surface area contributed by atoms with E-state index in [2.05, 4.69) is 0 Å². The molecule has 0 aliphatic heterocycles. The number of rotatable bonds is 2. The normalized spacial score (nSPS) is 9.55. The van der Waals surface area contributed by atoms with Gasteiger partial charge in [-0.05, 0) is 12.1 Å². The Hall–Kier alpha value is -1.09. The SMILES string of the molecule is O=[N+]([O-])Cc1ccc(Cl)cc1. The number of halogens is 1. The molecule has 11 heavy (non-hydrogen) atoms. The van der Waals surface area contributed by atoms with Crippen LogP contribution in [0.25, 0.3) is 0 Å². The molecule has 0 aromatic heterocycles. The molecule has 0 atom stereocenters. The maximum atomic E-state index is 10.0. The van der Waals surface area contributed by atoms with Crippen LogP contribution in [0.3, 0.4) is 0 Å². The van der Waals surface area contributed by atoms with Crippen molar-refractivity contribution in [1.29, 1.82) is 0 Å². The summed E-state index contributed by atoms with van der Waals surface area (Å²) in [4.78, 5) is 9.65. The van der Waals surface area contributed by atoms with Crippen molar-refractivity contribution in [1.82, 2.24) is 0 Å². The van der Waals surface area contributed by atoms with Crippen molar-refractivity contribution in [2.24, 2.45) is 0 Å². The van der Waals surface area contributed by atoms with Gasteiger partial charge in [-0.3, -0.25) is 10.1 Å². The summed E-state index contributed by atoms with van der Waals surface area (Å²) in [5.41, 5.74) is 0.666. The van der Waals surface area contributed by atoms with Gasteiger partial charge >= 0.3 is 0 Å². The highest BCUT2D eigenvalue weighted by molar-refractivity contribution is 6.30. The first-order chi connectivity index (χ1) is 5.18. The predicted molar refractivity (Wildman–Crippen MR) is 42.2 cm³/mol. The van der Waals surface area contributed by atoms with E-state index in [1.165, 1.54) is 0 Å². The van der Waals surface area contributed by atoms with E-state index in [1.54, 1.807) is 24.3 Å². The van der Waals surface area contributed by atoms with Crippen LogP contribution in [0.15, 0.2) is 24.3 Å². The molecule has 1 aromatic rings. The van der Waals surface area contributed by atoms with Crippen LogP contribution in [-0.2, 0) is 6.54 Å². The molecule has 0 bridgehead atoms. The first-order valence-corrected chi connectivity index (χ1v) is 3.42. The fraction of sp³-hybridized carbons (Fsp3) is 0.143. The standard InChI is InChI=1S/C7H6ClNO2/c8-7-3-1-6(2-4-7)5-9(10)11/h1-4H,5H2. The highest BCUT2D eigenvalue weighted by Gasteiger charge is 1.99. The quantitative estimate of drug-likeness (QED) is 0.505. The lowest BCUT2D eigenvalue weighted by Crippen LogP contribution is -1.97. The minimum Gasteiger partial charge on any atom is -0.264 e. The van der Waals surface area contributed by atoms with Crippen molar-refractivity contribution in [2.75, 3.05) is 0 Å². The molecule has 0 aliphatic rings. The Labute approximate surface area is 68.8 Å². The lowest BCUT2D eigenvalue weighted by atomic mass is 10.2. The number of hydrogen-bond acceptors (Lipinski definition) is 2. The Kier molecular flexibility index (Phi) is 2.44. The molecule has 0 saturated carbocycles. The molecule has 58 valence electrons. The average Bonchev–Trinajstić information content (AvgIpc) is 1.93. The molecule has 3 nitrogen and oxygen atoms in total. The largest absolute Gasteiger partial charge is 0.264 e. The van der Waals surface area contributed by atoms with Gasteiger partial charge in [-0.15, -0.1) is 0 Å². The number of nitro groups is 1. The fourth-order valence-corrected chi connectivity index (χ4v) is 0.865. The maximum absolute atomic E-state index is 10.0. The second kappa shape index (κ2) is 3.34. The van der Waals surface area contributed by atoms with E-state index < -0.39 is 0 Å². The lowest BCUT2D eigenvalue weighted by Gasteiger charge is -1.93. The van der Waals surface area contributed by atoms with E-state index in [0.29, 0.717) is 10.6 Å². The summed E-state index contributed by atoms with van der Waals surface area (Å²) in [6, 6.07) is 6.57. The molecule has 0 amide bonds. The smallest absolute Gasteiger partial charge is 0.228 e. The van der Waals surface area contributed by atoms with Crippen LogP contribution in [0.4, 0.5) is 0 Å². The summed E-state index contributed by atoms with van der Waals surface area (Å²) in [6.45, 7) is -0.142. The molecule has 0 aliphatic carbocycles. The topological polar surface area (TPSA) is 43.1 Å². The van der Waals surface area contributed by atoms with Crippen LogP contribution < -0.4 is 0 Å². The highest BCUT2D eigenvalue weighted by atomic mass is 35.5. The van der Waals surface area contributed by atoms with Crippen LogP contribution >= 0.6 is 11.6 Å². The average molecular weight is 172 g/mol. The van der Waals surface area contributed by atoms with Gasteiger partial charge in [0.1, 0.15) is 0 Å². The van der Waals surface area contributed by atoms with Crippen molar-refractivity contribution < 1.29 is 4.92 Å². The van der Waals surface area contributed by atoms with Crippen LogP contribution in [-0.4, -0.2) is 4.92 Å². The first-order valence-electron chi connectivity index (χ1n) is 3.05. The first kappa shape index (κ1) is 8.01. The molecular weight excluding hydrogens is 166 g/mol. The van der Waals surface area contributed by atoms with Gasteiger partial charge in [0.25, 0.3) is 0 Å². The molecule has 0 spiro atoms. The zero-order chi connectivity index (χ0) is 8.27. The zero-order valence-corrected chi connectivity index (χ0v) is 6.41. The molecule has 4 heteroatoms. The van der Waals surface area contributed by atoms with Crippen LogP contribution in [0.5, 0.6) is 0 Å². The molecule has 0 unspecified atom stereocenters. The third kappa shape index (κ3) is 2.55. The number of benzene rings is 1. The van der Waals surface area contributed by atoms with Gasteiger partial charge in [-0.2, -0.15) is 0 Å². The Morgan fingerprint density at radius 3 is 2.36 bits per heavy atom.